The normalized spacial score (nSPS) is 24.8. The zero-order valence-electron chi connectivity index (χ0n) is 14.0. The smallest absolute Gasteiger partial charge is 0.410 e. The van der Waals surface area contributed by atoms with Gasteiger partial charge < -0.3 is 15.0 Å². The second-order valence-corrected chi connectivity index (χ2v) is 7.42. The van der Waals surface area contributed by atoms with E-state index in [2.05, 4.69) is 24.1 Å². The Labute approximate surface area is 141 Å². The van der Waals surface area contributed by atoms with Crippen LogP contribution in [0.5, 0.6) is 0 Å². The lowest BCUT2D eigenvalue weighted by molar-refractivity contribution is 0.0779. The average Bonchev–Trinajstić information content (AvgIpc) is 3.21. The number of rotatable bonds is 2. The molecule has 0 aromatic carbocycles. The second kappa shape index (κ2) is 5.36. The molecular weight excluding hydrogens is 308 g/mol. The maximum atomic E-state index is 12.8. The number of pyridine rings is 1. The minimum absolute atomic E-state index is 0.00919. The number of hydrogen-bond acceptors (Lipinski definition) is 5. The van der Waals surface area contributed by atoms with Crippen molar-refractivity contribution >= 4 is 17.8 Å². The Morgan fingerprint density at radius 3 is 3.00 bits per heavy atom. The summed E-state index contributed by atoms with van der Waals surface area (Å²) in [7, 11) is 0. The fourth-order valence-electron chi connectivity index (χ4n) is 3.82. The third kappa shape index (κ3) is 2.57. The summed E-state index contributed by atoms with van der Waals surface area (Å²) in [5, 5.41) is 3.36. The summed E-state index contributed by atoms with van der Waals surface area (Å²) in [6, 6.07) is 2.01. The molecule has 1 N–H and O–H groups in total. The molecule has 1 aromatic rings. The van der Waals surface area contributed by atoms with E-state index in [-0.39, 0.29) is 23.6 Å². The molecule has 3 aliphatic rings. The highest BCUT2D eigenvalue weighted by Gasteiger charge is 2.37. The second-order valence-electron chi connectivity index (χ2n) is 7.42. The maximum absolute atomic E-state index is 12.8. The fraction of sp³-hybridized carbons (Fsp3) is 0.588. The number of carbonyl (C=O) groups excluding carboxylic acids is 2. The van der Waals surface area contributed by atoms with Gasteiger partial charge in [-0.15, -0.1) is 0 Å². The maximum Gasteiger partial charge on any atom is 0.410 e. The zero-order valence-corrected chi connectivity index (χ0v) is 14.0. The SMILES string of the molecule is CC1(C)Cc2cc(C(=O)N3CC[C@H](N4CCOC4=O)C3)cnc2N1. The molecule has 24 heavy (non-hydrogen) atoms. The van der Waals surface area contributed by atoms with Crippen LogP contribution in [-0.2, 0) is 11.2 Å². The molecule has 1 aromatic heterocycles. The van der Waals surface area contributed by atoms with Gasteiger partial charge >= 0.3 is 6.09 Å². The molecule has 4 heterocycles. The van der Waals surface area contributed by atoms with E-state index in [0.717, 1.165) is 24.2 Å². The van der Waals surface area contributed by atoms with Crippen molar-refractivity contribution in [2.75, 3.05) is 31.6 Å². The number of nitrogens with zero attached hydrogens (tertiary/aromatic N) is 3. The number of anilines is 1. The summed E-state index contributed by atoms with van der Waals surface area (Å²) in [6.45, 7) is 6.53. The minimum atomic E-state index is -0.262. The predicted octanol–water partition coefficient (Wildman–Crippen LogP) is 1.49. The number of hydrogen-bond donors (Lipinski definition) is 1. The Hall–Kier alpha value is -2.31. The third-order valence-electron chi connectivity index (χ3n) is 4.99. The molecule has 4 rings (SSSR count). The number of cyclic esters (lactones) is 1. The molecule has 0 saturated carbocycles. The van der Waals surface area contributed by atoms with Gasteiger partial charge in [-0.05, 0) is 38.3 Å². The van der Waals surface area contributed by atoms with Gasteiger partial charge in [0.25, 0.3) is 5.91 Å². The molecule has 0 aliphatic carbocycles. The van der Waals surface area contributed by atoms with Crippen molar-refractivity contribution in [3.8, 4) is 0 Å². The lowest BCUT2D eigenvalue weighted by Gasteiger charge is -2.22. The van der Waals surface area contributed by atoms with Crippen molar-refractivity contribution in [2.24, 2.45) is 0 Å². The summed E-state index contributed by atoms with van der Waals surface area (Å²) in [5.41, 5.74) is 1.69. The van der Waals surface area contributed by atoms with Crippen molar-refractivity contribution in [1.29, 1.82) is 0 Å². The highest BCUT2D eigenvalue weighted by molar-refractivity contribution is 5.94. The van der Waals surface area contributed by atoms with Gasteiger partial charge in [0.15, 0.2) is 0 Å². The first kappa shape index (κ1) is 15.2. The molecular formula is C17H22N4O3. The van der Waals surface area contributed by atoms with E-state index in [0.29, 0.717) is 31.8 Å². The van der Waals surface area contributed by atoms with Crippen LogP contribution in [0.1, 0.15) is 36.2 Å². The van der Waals surface area contributed by atoms with Crippen LogP contribution in [-0.4, -0.2) is 64.6 Å². The van der Waals surface area contributed by atoms with Crippen molar-refractivity contribution in [3.05, 3.63) is 23.4 Å². The Kier molecular flexibility index (Phi) is 3.40. The summed E-state index contributed by atoms with van der Waals surface area (Å²) in [5.74, 6) is 0.862. The molecule has 2 amide bonds. The molecule has 7 nitrogen and oxygen atoms in total. The third-order valence-corrected chi connectivity index (χ3v) is 4.99. The van der Waals surface area contributed by atoms with Gasteiger partial charge in [-0.3, -0.25) is 9.69 Å². The number of fused-ring (bicyclic) bond motifs is 1. The molecule has 2 fully saturated rings. The van der Waals surface area contributed by atoms with Gasteiger partial charge in [0.1, 0.15) is 12.4 Å². The summed E-state index contributed by atoms with van der Waals surface area (Å²) in [4.78, 5) is 32.4. The van der Waals surface area contributed by atoms with Crippen LogP contribution in [0.3, 0.4) is 0 Å². The van der Waals surface area contributed by atoms with Gasteiger partial charge in [0.05, 0.1) is 18.2 Å². The van der Waals surface area contributed by atoms with Crippen molar-refractivity contribution < 1.29 is 14.3 Å². The highest BCUT2D eigenvalue weighted by Crippen LogP contribution is 2.31. The van der Waals surface area contributed by atoms with Crippen molar-refractivity contribution in [3.63, 3.8) is 0 Å². The van der Waals surface area contributed by atoms with Crippen LogP contribution < -0.4 is 5.32 Å². The molecule has 0 radical (unpaired) electrons. The molecule has 0 unspecified atom stereocenters. The van der Waals surface area contributed by atoms with Gasteiger partial charge in [0.2, 0.25) is 0 Å². The standard InChI is InChI=1S/C17H22N4O3/c1-17(2)8-11-7-12(9-18-14(11)19-17)15(22)20-4-3-13(10-20)21-5-6-24-16(21)23/h7,9,13H,3-6,8,10H2,1-2H3,(H,18,19)/t13-/m0/s1. The van der Waals surface area contributed by atoms with Crippen molar-refractivity contribution in [1.82, 2.24) is 14.8 Å². The Bertz CT molecular complexity index is 703. The summed E-state index contributed by atoms with van der Waals surface area (Å²) >= 11 is 0. The quantitative estimate of drug-likeness (QED) is 0.889. The zero-order chi connectivity index (χ0) is 16.9. The molecule has 2 saturated heterocycles. The topological polar surface area (TPSA) is 74.8 Å². The Morgan fingerprint density at radius 1 is 1.42 bits per heavy atom. The van der Waals surface area contributed by atoms with E-state index in [4.69, 9.17) is 4.74 Å². The predicted molar refractivity (Wildman–Crippen MR) is 88.0 cm³/mol. The van der Waals surface area contributed by atoms with E-state index in [1.165, 1.54) is 0 Å². The number of nitrogens with one attached hydrogen (secondary N) is 1. The van der Waals surface area contributed by atoms with Gasteiger partial charge in [-0.2, -0.15) is 0 Å². The molecule has 7 heteroatoms. The molecule has 0 spiro atoms. The van der Waals surface area contributed by atoms with Gasteiger partial charge in [0, 0.05) is 24.8 Å². The fourth-order valence-corrected chi connectivity index (χ4v) is 3.82. The highest BCUT2D eigenvalue weighted by atomic mass is 16.6. The monoisotopic (exact) mass is 330 g/mol. The summed E-state index contributed by atoms with van der Waals surface area (Å²) in [6.07, 6.45) is 3.04. The lowest BCUT2D eigenvalue weighted by Crippen LogP contribution is -2.39. The van der Waals surface area contributed by atoms with E-state index in [9.17, 15) is 9.59 Å². The minimum Gasteiger partial charge on any atom is -0.448 e. The van der Waals surface area contributed by atoms with Crippen molar-refractivity contribution in [2.45, 2.75) is 38.3 Å². The molecule has 128 valence electrons. The first-order valence-electron chi connectivity index (χ1n) is 8.43. The van der Waals surface area contributed by atoms with Crippen LogP contribution in [0.25, 0.3) is 0 Å². The largest absolute Gasteiger partial charge is 0.448 e. The Morgan fingerprint density at radius 2 is 2.25 bits per heavy atom. The van der Waals surface area contributed by atoms with Gasteiger partial charge in [-0.1, -0.05) is 0 Å². The van der Waals surface area contributed by atoms with Gasteiger partial charge in [-0.25, -0.2) is 9.78 Å². The van der Waals surface area contributed by atoms with Crippen LogP contribution in [0.2, 0.25) is 0 Å². The Balaban J connectivity index is 1.46. The van der Waals surface area contributed by atoms with E-state index in [1.54, 1.807) is 11.1 Å². The van der Waals surface area contributed by atoms with Crippen LogP contribution in [0.15, 0.2) is 12.3 Å². The first-order valence-corrected chi connectivity index (χ1v) is 8.43. The first-order chi connectivity index (χ1) is 11.4. The van der Waals surface area contributed by atoms with Crippen LogP contribution in [0, 0.1) is 0 Å². The number of likely N-dealkylation sites (tertiary alicyclic amines) is 1. The number of carbonyl (C=O) groups is 2. The number of aromatic nitrogens is 1. The van der Waals surface area contributed by atoms with Crippen LogP contribution >= 0.6 is 0 Å². The molecule has 0 bridgehead atoms. The molecule has 1 atom stereocenters. The average molecular weight is 330 g/mol. The molecule has 3 aliphatic heterocycles. The number of ether oxygens (including phenoxy) is 1. The van der Waals surface area contributed by atoms with E-state index >= 15 is 0 Å². The lowest BCUT2D eigenvalue weighted by atomic mass is 10.00. The summed E-state index contributed by atoms with van der Waals surface area (Å²) < 4.78 is 4.99. The van der Waals surface area contributed by atoms with Crippen LogP contribution in [0.4, 0.5) is 10.6 Å². The van der Waals surface area contributed by atoms with E-state index < -0.39 is 0 Å². The number of amides is 2. The van der Waals surface area contributed by atoms with E-state index in [1.807, 2.05) is 11.0 Å².